The van der Waals surface area contributed by atoms with E-state index in [9.17, 15) is 0 Å². The molecule has 3 heteroatoms. The molecule has 0 aliphatic carbocycles. The minimum Gasteiger partial charge on any atom is -0.494 e. The zero-order chi connectivity index (χ0) is 20.2. The van der Waals surface area contributed by atoms with Gasteiger partial charge in [0.15, 0.2) is 0 Å². The van der Waals surface area contributed by atoms with Crippen LogP contribution in [-0.4, -0.2) is 19.0 Å². The molecule has 1 atom stereocenters. The van der Waals surface area contributed by atoms with Crippen molar-refractivity contribution in [1.29, 1.82) is 0 Å². The molecule has 29 heavy (non-hydrogen) atoms. The van der Waals surface area contributed by atoms with Gasteiger partial charge in [0, 0.05) is 13.0 Å². The molecular formula is C26H36N2O. The highest BCUT2D eigenvalue weighted by Gasteiger charge is 2.16. The standard InChI is InChI=1S/C26H36N2O/c1-2-3-21-29-24-18-16-23(17-19-24)26(22-13-9-8-10-14-22)28-25-15-11-6-4-5-7-12-20-27-25/h8-10,13-14,16-19,26H,2-7,11-12,15,20-21H2,1H3,(H,27,28). The van der Waals surface area contributed by atoms with E-state index in [0.717, 1.165) is 44.0 Å². The number of amidine groups is 1. The van der Waals surface area contributed by atoms with Crippen LogP contribution in [0.5, 0.6) is 5.75 Å². The van der Waals surface area contributed by atoms with E-state index in [1.807, 2.05) is 0 Å². The van der Waals surface area contributed by atoms with Crippen LogP contribution in [0, 0.1) is 0 Å². The van der Waals surface area contributed by atoms with Crippen molar-refractivity contribution in [2.75, 3.05) is 13.2 Å². The normalized spacial score (nSPS) is 16.5. The lowest BCUT2D eigenvalue weighted by Crippen LogP contribution is -2.30. The van der Waals surface area contributed by atoms with Gasteiger partial charge in [-0.3, -0.25) is 4.99 Å². The van der Waals surface area contributed by atoms with Crippen LogP contribution in [0.4, 0.5) is 0 Å². The van der Waals surface area contributed by atoms with Crippen molar-refractivity contribution in [2.45, 2.75) is 70.8 Å². The van der Waals surface area contributed by atoms with Crippen LogP contribution in [0.2, 0.25) is 0 Å². The Labute approximate surface area is 176 Å². The third-order valence-corrected chi connectivity index (χ3v) is 5.55. The smallest absolute Gasteiger partial charge is 0.119 e. The van der Waals surface area contributed by atoms with Crippen molar-refractivity contribution in [1.82, 2.24) is 5.32 Å². The molecule has 3 nitrogen and oxygen atoms in total. The molecule has 2 aromatic carbocycles. The van der Waals surface area contributed by atoms with Crippen molar-refractivity contribution in [2.24, 2.45) is 4.99 Å². The van der Waals surface area contributed by atoms with E-state index >= 15 is 0 Å². The maximum absolute atomic E-state index is 5.85. The van der Waals surface area contributed by atoms with Gasteiger partial charge in [-0.2, -0.15) is 0 Å². The molecule has 1 N–H and O–H groups in total. The Balaban J connectivity index is 1.76. The van der Waals surface area contributed by atoms with Crippen LogP contribution >= 0.6 is 0 Å². The molecule has 2 aromatic rings. The molecule has 0 aromatic heterocycles. The van der Waals surface area contributed by atoms with Gasteiger partial charge in [0.05, 0.1) is 18.5 Å². The average molecular weight is 393 g/mol. The molecule has 0 fully saturated rings. The Morgan fingerprint density at radius 3 is 2.31 bits per heavy atom. The fourth-order valence-corrected chi connectivity index (χ4v) is 3.78. The minimum absolute atomic E-state index is 0.114. The Bertz CT molecular complexity index is 724. The van der Waals surface area contributed by atoms with Crippen LogP contribution in [0.1, 0.15) is 81.9 Å². The molecule has 1 unspecified atom stereocenters. The molecule has 1 heterocycles. The first-order valence-electron chi connectivity index (χ1n) is 11.4. The Morgan fingerprint density at radius 2 is 1.55 bits per heavy atom. The summed E-state index contributed by atoms with van der Waals surface area (Å²) >= 11 is 0. The maximum Gasteiger partial charge on any atom is 0.119 e. The van der Waals surface area contributed by atoms with Crippen LogP contribution in [0.3, 0.4) is 0 Å². The number of nitrogens with zero attached hydrogens (tertiary/aromatic N) is 1. The molecule has 0 spiro atoms. The molecule has 1 aliphatic rings. The molecule has 1 aliphatic heterocycles. The fraction of sp³-hybridized carbons (Fsp3) is 0.500. The van der Waals surface area contributed by atoms with Gasteiger partial charge in [0.1, 0.15) is 5.75 Å². The summed E-state index contributed by atoms with van der Waals surface area (Å²) in [4.78, 5) is 4.92. The van der Waals surface area contributed by atoms with Gasteiger partial charge in [-0.05, 0) is 42.5 Å². The molecule has 3 rings (SSSR count). The SMILES string of the molecule is CCCCOc1ccc(C(NC2=NCCCCCCCC2)c2ccccc2)cc1. The lowest BCUT2D eigenvalue weighted by Gasteiger charge is -2.23. The maximum atomic E-state index is 5.85. The van der Waals surface area contributed by atoms with Crippen molar-refractivity contribution in [3.8, 4) is 5.75 Å². The summed E-state index contributed by atoms with van der Waals surface area (Å²) in [6, 6.07) is 19.4. The molecular weight excluding hydrogens is 356 g/mol. The number of aliphatic imine (C=N–C) groups is 1. The van der Waals surface area contributed by atoms with Gasteiger partial charge >= 0.3 is 0 Å². The van der Waals surface area contributed by atoms with Crippen LogP contribution in [0.15, 0.2) is 59.6 Å². The minimum atomic E-state index is 0.114. The number of benzene rings is 2. The summed E-state index contributed by atoms with van der Waals surface area (Å²) < 4.78 is 5.85. The third-order valence-electron chi connectivity index (χ3n) is 5.55. The number of hydrogen-bond acceptors (Lipinski definition) is 3. The highest BCUT2D eigenvalue weighted by Crippen LogP contribution is 2.25. The first kappa shape index (κ1) is 21.4. The molecule has 0 radical (unpaired) electrons. The van der Waals surface area contributed by atoms with Gasteiger partial charge in [-0.1, -0.05) is 81.5 Å². The second-order valence-corrected chi connectivity index (χ2v) is 7.96. The zero-order valence-electron chi connectivity index (χ0n) is 17.9. The number of ether oxygens (including phenoxy) is 1. The van der Waals surface area contributed by atoms with E-state index in [4.69, 9.17) is 9.73 Å². The van der Waals surface area contributed by atoms with Gasteiger partial charge < -0.3 is 10.1 Å². The Morgan fingerprint density at radius 1 is 0.862 bits per heavy atom. The van der Waals surface area contributed by atoms with E-state index in [1.165, 1.54) is 49.7 Å². The second-order valence-electron chi connectivity index (χ2n) is 7.96. The number of nitrogens with one attached hydrogen (secondary N) is 1. The molecule has 0 saturated heterocycles. The van der Waals surface area contributed by atoms with E-state index in [0.29, 0.717) is 0 Å². The first-order chi connectivity index (χ1) is 14.4. The number of unbranched alkanes of at least 4 members (excludes halogenated alkanes) is 1. The molecule has 0 saturated carbocycles. The monoisotopic (exact) mass is 392 g/mol. The fourth-order valence-electron chi connectivity index (χ4n) is 3.78. The Hall–Kier alpha value is -2.29. The van der Waals surface area contributed by atoms with Crippen molar-refractivity contribution in [3.05, 3.63) is 65.7 Å². The molecule has 156 valence electrons. The van der Waals surface area contributed by atoms with Crippen molar-refractivity contribution >= 4 is 5.84 Å². The number of rotatable bonds is 7. The Kier molecular flexibility index (Phi) is 9.09. The van der Waals surface area contributed by atoms with Gasteiger partial charge in [0.25, 0.3) is 0 Å². The van der Waals surface area contributed by atoms with E-state index < -0.39 is 0 Å². The lowest BCUT2D eigenvalue weighted by molar-refractivity contribution is 0.309. The summed E-state index contributed by atoms with van der Waals surface area (Å²) in [5.74, 6) is 2.11. The summed E-state index contributed by atoms with van der Waals surface area (Å²) in [5.41, 5.74) is 2.52. The quantitative estimate of drug-likeness (QED) is 0.533. The predicted octanol–water partition coefficient (Wildman–Crippen LogP) is 6.69. The van der Waals surface area contributed by atoms with Crippen molar-refractivity contribution < 1.29 is 4.74 Å². The first-order valence-corrected chi connectivity index (χ1v) is 11.4. The highest BCUT2D eigenvalue weighted by atomic mass is 16.5. The third kappa shape index (κ3) is 7.23. The van der Waals surface area contributed by atoms with E-state index in [-0.39, 0.29) is 6.04 Å². The second kappa shape index (κ2) is 12.3. The lowest BCUT2D eigenvalue weighted by atomic mass is 9.98. The summed E-state index contributed by atoms with van der Waals surface area (Å²) in [6.45, 7) is 3.91. The van der Waals surface area contributed by atoms with Crippen molar-refractivity contribution in [3.63, 3.8) is 0 Å². The topological polar surface area (TPSA) is 33.6 Å². The summed E-state index contributed by atoms with van der Waals surface area (Å²) in [6.07, 6.45) is 11.0. The van der Waals surface area contributed by atoms with Crippen LogP contribution < -0.4 is 10.1 Å². The van der Waals surface area contributed by atoms with Gasteiger partial charge in [-0.25, -0.2) is 0 Å². The number of hydrogen-bond donors (Lipinski definition) is 1. The molecule has 0 amide bonds. The molecule has 0 bridgehead atoms. The average Bonchev–Trinajstić information content (AvgIpc) is 2.78. The van der Waals surface area contributed by atoms with E-state index in [2.05, 4.69) is 66.8 Å². The summed E-state index contributed by atoms with van der Waals surface area (Å²) in [5, 5.41) is 3.79. The summed E-state index contributed by atoms with van der Waals surface area (Å²) in [7, 11) is 0. The zero-order valence-corrected chi connectivity index (χ0v) is 17.9. The van der Waals surface area contributed by atoms with Crippen LogP contribution in [0.25, 0.3) is 0 Å². The largest absolute Gasteiger partial charge is 0.494 e. The van der Waals surface area contributed by atoms with E-state index in [1.54, 1.807) is 0 Å². The highest BCUT2D eigenvalue weighted by molar-refractivity contribution is 5.83. The van der Waals surface area contributed by atoms with Crippen LogP contribution in [-0.2, 0) is 0 Å². The van der Waals surface area contributed by atoms with Gasteiger partial charge in [-0.15, -0.1) is 0 Å². The van der Waals surface area contributed by atoms with Gasteiger partial charge in [0.2, 0.25) is 0 Å². The predicted molar refractivity (Wildman–Crippen MR) is 123 cm³/mol.